The maximum atomic E-state index is 13.5. The Labute approximate surface area is 90.7 Å². The topological polar surface area (TPSA) is 12.0 Å². The lowest BCUT2D eigenvalue weighted by molar-refractivity contribution is 0.149. The highest BCUT2D eigenvalue weighted by Crippen LogP contribution is 2.33. The maximum absolute atomic E-state index is 13.5. The Hall–Kier alpha value is -0.890. The van der Waals surface area contributed by atoms with Gasteiger partial charge in [-0.2, -0.15) is 0 Å². The van der Waals surface area contributed by atoms with Crippen molar-refractivity contribution in [1.82, 2.24) is 5.32 Å². The predicted molar refractivity (Wildman–Crippen MR) is 60.3 cm³/mol. The molecule has 1 aromatic carbocycles. The van der Waals surface area contributed by atoms with Gasteiger partial charge in [0.1, 0.15) is 5.82 Å². The van der Waals surface area contributed by atoms with Crippen molar-refractivity contribution < 1.29 is 4.39 Å². The van der Waals surface area contributed by atoms with Gasteiger partial charge in [-0.05, 0) is 29.9 Å². The van der Waals surface area contributed by atoms with Gasteiger partial charge in [0.15, 0.2) is 0 Å². The third-order valence-electron chi connectivity index (χ3n) is 3.30. The Balaban J connectivity index is 2.10. The second kappa shape index (κ2) is 4.31. The van der Waals surface area contributed by atoms with Crippen LogP contribution in [0.25, 0.3) is 0 Å². The molecular weight excluding hydrogens is 189 g/mol. The van der Waals surface area contributed by atoms with Gasteiger partial charge < -0.3 is 5.32 Å². The van der Waals surface area contributed by atoms with Gasteiger partial charge in [0.2, 0.25) is 0 Å². The minimum Gasteiger partial charge on any atom is -0.316 e. The van der Waals surface area contributed by atoms with Crippen molar-refractivity contribution in [2.45, 2.75) is 26.2 Å². The van der Waals surface area contributed by atoms with Gasteiger partial charge in [-0.25, -0.2) is 4.39 Å². The highest BCUT2D eigenvalue weighted by molar-refractivity contribution is 5.20. The third kappa shape index (κ3) is 2.20. The molecule has 0 bridgehead atoms. The van der Waals surface area contributed by atoms with Crippen LogP contribution in [-0.4, -0.2) is 13.1 Å². The lowest BCUT2D eigenvalue weighted by Crippen LogP contribution is -2.54. The average Bonchev–Trinajstić information content (AvgIpc) is 2.18. The molecule has 0 spiro atoms. The van der Waals surface area contributed by atoms with Crippen molar-refractivity contribution in [2.75, 3.05) is 13.1 Å². The van der Waals surface area contributed by atoms with Gasteiger partial charge in [-0.1, -0.05) is 31.5 Å². The van der Waals surface area contributed by atoms with Gasteiger partial charge in [-0.15, -0.1) is 0 Å². The summed E-state index contributed by atoms with van der Waals surface area (Å²) in [4.78, 5) is 0. The summed E-state index contributed by atoms with van der Waals surface area (Å²) in [6.07, 6.45) is 3.24. The summed E-state index contributed by atoms with van der Waals surface area (Å²) in [7, 11) is 0. The molecule has 0 aliphatic carbocycles. The standard InChI is InChI=1S/C13H18FN/c1-2-7-13(9-15-10-13)8-11-5-3-4-6-12(11)14/h3-6,15H,2,7-10H2,1H3. The summed E-state index contributed by atoms with van der Waals surface area (Å²) in [5.41, 5.74) is 1.18. The van der Waals surface area contributed by atoms with Crippen LogP contribution in [-0.2, 0) is 6.42 Å². The molecule has 2 rings (SSSR count). The fraction of sp³-hybridized carbons (Fsp3) is 0.538. The minimum absolute atomic E-state index is 0.0557. The Kier molecular flexibility index (Phi) is 3.06. The van der Waals surface area contributed by atoms with Gasteiger partial charge in [-0.3, -0.25) is 0 Å². The number of rotatable bonds is 4. The summed E-state index contributed by atoms with van der Waals surface area (Å²) in [5, 5.41) is 3.30. The van der Waals surface area contributed by atoms with Crippen LogP contribution in [0.3, 0.4) is 0 Å². The molecule has 1 aliphatic heterocycles. The lowest BCUT2D eigenvalue weighted by Gasteiger charge is -2.43. The molecule has 82 valence electrons. The van der Waals surface area contributed by atoms with E-state index in [9.17, 15) is 4.39 Å². The van der Waals surface area contributed by atoms with E-state index in [0.717, 1.165) is 25.1 Å². The van der Waals surface area contributed by atoms with E-state index < -0.39 is 0 Å². The minimum atomic E-state index is -0.0557. The molecule has 1 aromatic rings. The first-order valence-electron chi connectivity index (χ1n) is 5.70. The van der Waals surface area contributed by atoms with E-state index in [1.165, 1.54) is 12.8 Å². The van der Waals surface area contributed by atoms with Crippen LogP contribution in [0.15, 0.2) is 24.3 Å². The second-order valence-corrected chi connectivity index (χ2v) is 4.62. The normalized spacial score (nSPS) is 18.5. The van der Waals surface area contributed by atoms with Crippen molar-refractivity contribution in [1.29, 1.82) is 0 Å². The van der Waals surface area contributed by atoms with E-state index in [4.69, 9.17) is 0 Å². The number of benzene rings is 1. The molecule has 15 heavy (non-hydrogen) atoms. The summed E-state index contributed by atoms with van der Waals surface area (Å²) in [5.74, 6) is -0.0557. The first kappa shape index (κ1) is 10.6. The molecule has 2 heteroatoms. The van der Waals surface area contributed by atoms with Crippen LogP contribution in [0, 0.1) is 11.2 Å². The van der Waals surface area contributed by atoms with Crippen LogP contribution >= 0.6 is 0 Å². The molecular formula is C13H18FN. The molecule has 0 aromatic heterocycles. The van der Waals surface area contributed by atoms with E-state index in [1.807, 2.05) is 12.1 Å². The Morgan fingerprint density at radius 1 is 1.33 bits per heavy atom. The quantitative estimate of drug-likeness (QED) is 0.800. The van der Waals surface area contributed by atoms with Crippen molar-refractivity contribution in [3.05, 3.63) is 35.6 Å². The predicted octanol–water partition coefficient (Wildman–Crippen LogP) is 2.76. The Morgan fingerprint density at radius 3 is 2.60 bits per heavy atom. The summed E-state index contributed by atoms with van der Waals surface area (Å²) in [6.45, 7) is 4.27. The molecule has 1 N–H and O–H groups in total. The molecule has 0 radical (unpaired) electrons. The fourth-order valence-corrected chi connectivity index (χ4v) is 2.44. The van der Waals surface area contributed by atoms with Crippen LogP contribution in [0.5, 0.6) is 0 Å². The van der Waals surface area contributed by atoms with Gasteiger partial charge in [0.05, 0.1) is 0 Å². The Morgan fingerprint density at radius 2 is 2.07 bits per heavy atom. The van der Waals surface area contributed by atoms with E-state index in [2.05, 4.69) is 12.2 Å². The van der Waals surface area contributed by atoms with Crippen LogP contribution in [0.4, 0.5) is 4.39 Å². The Bertz CT molecular complexity index is 331. The molecule has 1 aliphatic rings. The van der Waals surface area contributed by atoms with Crippen LogP contribution < -0.4 is 5.32 Å². The van der Waals surface area contributed by atoms with Gasteiger partial charge >= 0.3 is 0 Å². The van der Waals surface area contributed by atoms with Crippen LogP contribution in [0.2, 0.25) is 0 Å². The molecule has 0 amide bonds. The highest BCUT2D eigenvalue weighted by atomic mass is 19.1. The molecule has 0 atom stereocenters. The van der Waals surface area contributed by atoms with Gasteiger partial charge in [0.25, 0.3) is 0 Å². The van der Waals surface area contributed by atoms with Crippen molar-refractivity contribution >= 4 is 0 Å². The first-order valence-corrected chi connectivity index (χ1v) is 5.70. The summed E-state index contributed by atoms with van der Waals surface area (Å²) < 4.78 is 13.5. The number of hydrogen-bond donors (Lipinski definition) is 1. The maximum Gasteiger partial charge on any atom is 0.126 e. The van der Waals surface area contributed by atoms with Crippen molar-refractivity contribution in [3.63, 3.8) is 0 Å². The van der Waals surface area contributed by atoms with E-state index in [1.54, 1.807) is 12.1 Å². The third-order valence-corrected chi connectivity index (χ3v) is 3.30. The zero-order chi connectivity index (χ0) is 10.7. The number of hydrogen-bond acceptors (Lipinski definition) is 1. The molecule has 1 nitrogen and oxygen atoms in total. The summed E-state index contributed by atoms with van der Waals surface area (Å²) >= 11 is 0. The van der Waals surface area contributed by atoms with E-state index in [0.29, 0.717) is 5.41 Å². The molecule has 0 unspecified atom stereocenters. The SMILES string of the molecule is CCCC1(Cc2ccccc2F)CNC1. The zero-order valence-electron chi connectivity index (χ0n) is 9.22. The highest BCUT2D eigenvalue weighted by Gasteiger charge is 2.36. The molecule has 1 saturated heterocycles. The zero-order valence-corrected chi connectivity index (χ0v) is 9.22. The monoisotopic (exact) mass is 207 g/mol. The molecule has 1 fully saturated rings. The lowest BCUT2D eigenvalue weighted by atomic mass is 9.73. The fourth-order valence-electron chi connectivity index (χ4n) is 2.44. The van der Waals surface area contributed by atoms with Crippen molar-refractivity contribution in [2.24, 2.45) is 5.41 Å². The van der Waals surface area contributed by atoms with Crippen LogP contribution in [0.1, 0.15) is 25.3 Å². The number of nitrogens with one attached hydrogen (secondary N) is 1. The van der Waals surface area contributed by atoms with E-state index in [-0.39, 0.29) is 5.82 Å². The number of halogens is 1. The average molecular weight is 207 g/mol. The second-order valence-electron chi connectivity index (χ2n) is 4.62. The summed E-state index contributed by atoms with van der Waals surface area (Å²) in [6, 6.07) is 7.14. The van der Waals surface area contributed by atoms with Crippen molar-refractivity contribution in [3.8, 4) is 0 Å². The molecule has 1 heterocycles. The first-order chi connectivity index (χ1) is 7.26. The largest absolute Gasteiger partial charge is 0.316 e. The smallest absolute Gasteiger partial charge is 0.126 e. The van der Waals surface area contributed by atoms with E-state index >= 15 is 0 Å². The molecule has 0 saturated carbocycles. The van der Waals surface area contributed by atoms with Gasteiger partial charge in [0, 0.05) is 13.1 Å².